The molecule has 0 radical (unpaired) electrons. The van der Waals surface area contributed by atoms with E-state index in [-0.39, 0.29) is 16.5 Å². The van der Waals surface area contributed by atoms with E-state index in [1.165, 1.54) is 28.6 Å². The van der Waals surface area contributed by atoms with E-state index in [0.717, 1.165) is 12.8 Å². The third-order valence-corrected chi connectivity index (χ3v) is 4.88. The van der Waals surface area contributed by atoms with Gasteiger partial charge in [-0.15, -0.1) is 0 Å². The second-order valence-corrected chi connectivity index (χ2v) is 6.63. The van der Waals surface area contributed by atoms with Crippen molar-refractivity contribution in [3.8, 4) is 0 Å². The zero-order valence-corrected chi connectivity index (χ0v) is 13.8. The van der Waals surface area contributed by atoms with E-state index >= 15 is 0 Å². The zero-order valence-electron chi connectivity index (χ0n) is 12.2. The summed E-state index contributed by atoms with van der Waals surface area (Å²) >= 11 is 5.32. The smallest absolute Gasteiger partial charge is 0.339 e. The fourth-order valence-electron chi connectivity index (χ4n) is 1.90. The normalized spacial score (nSPS) is 11.6. The van der Waals surface area contributed by atoms with Crippen molar-refractivity contribution in [3.63, 3.8) is 0 Å². The van der Waals surface area contributed by atoms with Crippen molar-refractivity contribution >= 4 is 27.6 Å². The minimum atomic E-state index is -3.52. The number of esters is 1. The summed E-state index contributed by atoms with van der Waals surface area (Å²) in [7, 11) is -3.52. The van der Waals surface area contributed by atoms with Gasteiger partial charge >= 0.3 is 5.97 Å². The first-order chi connectivity index (χ1) is 9.97. The minimum Gasteiger partial charge on any atom is -0.446 e. The summed E-state index contributed by atoms with van der Waals surface area (Å²) in [6, 6.07) is 5.45. The molecule has 0 aliphatic carbocycles. The molecule has 0 saturated carbocycles. The van der Waals surface area contributed by atoms with Crippen LogP contribution in [0, 0.1) is 0 Å². The van der Waals surface area contributed by atoms with Crippen molar-refractivity contribution in [3.05, 3.63) is 29.8 Å². The number of carbonyl (C=O) groups is 1. The number of hydrogen-bond acceptors (Lipinski definition) is 4. The zero-order chi connectivity index (χ0) is 15.9. The lowest BCUT2D eigenvalue weighted by Crippen LogP contribution is -2.32. The van der Waals surface area contributed by atoms with Crippen molar-refractivity contribution in [1.82, 2.24) is 4.31 Å². The number of nitrogens with zero attached hydrogens (tertiary/aromatic N) is 1. The van der Waals surface area contributed by atoms with Crippen molar-refractivity contribution in [2.75, 3.05) is 19.2 Å². The monoisotopic (exact) mass is 333 g/mol. The summed E-state index contributed by atoms with van der Waals surface area (Å²) in [5.74, 6) is -0.576. The van der Waals surface area contributed by atoms with Gasteiger partial charge in [-0.2, -0.15) is 4.31 Å². The first-order valence-electron chi connectivity index (χ1n) is 6.80. The van der Waals surface area contributed by atoms with E-state index in [9.17, 15) is 13.2 Å². The number of alkyl halides is 1. The largest absolute Gasteiger partial charge is 0.446 e. The van der Waals surface area contributed by atoms with Crippen LogP contribution in [0.1, 0.15) is 37.0 Å². The van der Waals surface area contributed by atoms with Crippen molar-refractivity contribution in [2.24, 2.45) is 0 Å². The van der Waals surface area contributed by atoms with Crippen LogP contribution in [0.3, 0.4) is 0 Å². The summed E-state index contributed by atoms with van der Waals surface area (Å²) in [5, 5.41) is 0. The van der Waals surface area contributed by atoms with Crippen LogP contribution < -0.4 is 0 Å². The Morgan fingerprint density at radius 1 is 1.14 bits per heavy atom. The molecular formula is C14H20ClNO4S. The fraction of sp³-hybridized carbons (Fsp3) is 0.500. The molecule has 21 heavy (non-hydrogen) atoms. The number of hydrogen-bond donors (Lipinski definition) is 0. The van der Waals surface area contributed by atoms with Gasteiger partial charge in [0.1, 0.15) is 0 Å². The molecule has 0 amide bonds. The molecule has 0 unspecified atom stereocenters. The van der Waals surface area contributed by atoms with Crippen molar-refractivity contribution in [1.29, 1.82) is 0 Å². The van der Waals surface area contributed by atoms with Crippen LogP contribution in [0.2, 0.25) is 0 Å². The molecule has 0 aromatic heterocycles. The van der Waals surface area contributed by atoms with E-state index in [0.29, 0.717) is 13.1 Å². The highest BCUT2D eigenvalue weighted by Gasteiger charge is 2.23. The van der Waals surface area contributed by atoms with E-state index in [4.69, 9.17) is 11.6 Å². The van der Waals surface area contributed by atoms with Crippen LogP contribution in [0.25, 0.3) is 0 Å². The molecule has 5 nitrogen and oxygen atoms in total. The van der Waals surface area contributed by atoms with Crippen LogP contribution in [0.4, 0.5) is 0 Å². The van der Waals surface area contributed by atoms with Gasteiger partial charge < -0.3 is 4.74 Å². The van der Waals surface area contributed by atoms with Gasteiger partial charge in [0, 0.05) is 13.1 Å². The Hall–Kier alpha value is -1.11. The highest BCUT2D eigenvalue weighted by atomic mass is 35.5. The maximum Gasteiger partial charge on any atom is 0.339 e. The average Bonchev–Trinajstić information content (AvgIpc) is 2.47. The number of rotatable bonds is 8. The lowest BCUT2D eigenvalue weighted by Gasteiger charge is -2.21. The van der Waals surface area contributed by atoms with E-state index < -0.39 is 16.0 Å². The van der Waals surface area contributed by atoms with Crippen molar-refractivity contribution in [2.45, 2.75) is 31.6 Å². The van der Waals surface area contributed by atoms with Gasteiger partial charge in [-0.1, -0.05) is 25.4 Å². The minimum absolute atomic E-state index is 0.173. The van der Waals surface area contributed by atoms with Crippen LogP contribution in [-0.4, -0.2) is 37.8 Å². The number of halogens is 1. The van der Waals surface area contributed by atoms with Crippen LogP contribution >= 0.6 is 11.6 Å². The Morgan fingerprint density at radius 3 is 2.10 bits per heavy atom. The third kappa shape index (κ3) is 4.69. The van der Waals surface area contributed by atoms with Crippen molar-refractivity contribution < 1.29 is 17.9 Å². The maximum absolute atomic E-state index is 12.5. The maximum atomic E-state index is 12.5. The summed E-state index contributed by atoms with van der Waals surface area (Å²) < 4.78 is 31.1. The summed E-state index contributed by atoms with van der Waals surface area (Å²) in [4.78, 5) is 11.7. The molecule has 1 rings (SSSR count). The summed E-state index contributed by atoms with van der Waals surface area (Å²) in [5.41, 5.74) is 0.270. The summed E-state index contributed by atoms with van der Waals surface area (Å²) in [6.45, 7) is 4.82. The van der Waals surface area contributed by atoms with Gasteiger partial charge in [0.05, 0.1) is 10.5 Å². The second kappa shape index (κ2) is 8.36. The molecule has 0 spiro atoms. The number of sulfonamides is 1. The number of benzene rings is 1. The van der Waals surface area contributed by atoms with E-state index in [1.54, 1.807) is 0 Å². The Morgan fingerprint density at radius 2 is 1.67 bits per heavy atom. The predicted octanol–water partition coefficient (Wildman–Crippen LogP) is 2.85. The highest BCUT2D eigenvalue weighted by Crippen LogP contribution is 2.17. The quantitative estimate of drug-likeness (QED) is 0.542. The van der Waals surface area contributed by atoms with Gasteiger partial charge in [-0.25, -0.2) is 13.2 Å². The van der Waals surface area contributed by atoms with Gasteiger partial charge in [0.15, 0.2) is 6.07 Å². The SMILES string of the molecule is CCCN(CCC)S(=O)(=O)c1ccc(C(=O)OCCl)cc1. The lowest BCUT2D eigenvalue weighted by atomic mass is 10.2. The Bertz CT molecular complexity index is 551. The number of carbonyl (C=O) groups excluding carboxylic acids is 1. The molecule has 1 aromatic rings. The Balaban J connectivity index is 3.00. The van der Waals surface area contributed by atoms with Gasteiger partial charge in [0.2, 0.25) is 10.0 Å². The highest BCUT2D eigenvalue weighted by molar-refractivity contribution is 7.89. The molecule has 0 atom stereocenters. The molecule has 0 N–H and O–H groups in total. The fourth-order valence-corrected chi connectivity index (χ4v) is 3.62. The van der Waals surface area contributed by atoms with Gasteiger partial charge in [-0.3, -0.25) is 0 Å². The number of ether oxygens (including phenoxy) is 1. The topological polar surface area (TPSA) is 63.7 Å². The van der Waals surface area contributed by atoms with Crippen LogP contribution in [0.15, 0.2) is 29.2 Å². The average molecular weight is 334 g/mol. The molecule has 0 aliphatic heterocycles. The van der Waals surface area contributed by atoms with Gasteiger partial charge in [0.25, 0.3) is 0 Å². The van der Waals surface area contributed by atoms with E-state index in [2.05, 4.69) is 4.74 Å². The first-order valence-corrected chi connectivity index (χ1v) is 8.78. The molecular weight excluding hydrogens is 314 g/mol. The standard InChI is InChI=1S/C14H20ClNO4S/c1-3-9-16(10-4-2)21(18,19)13-7-5-12(6-8-13)14(17)20-11-15/h5-8H,3-4,9-11H2,1-2H3. The molecule has 0 saturated heterocycles. The van der Waals surface area contributed by atoms with E-state index in [1.807, 2.05) is 13.8 Å². The molecule has 118 valence electrons. The second-order valence-electron chi connectivity index (χ2n) is 4.47. The Kier molecular flexibility index (Phi) is 7.14. The molecule has 1 aromatic carbocycles. The molecule has 0 heterocycles. The predicted molar refractivity (Wildman–Crippen MR) is 81.9 cm³/mol. The van der Waals surface area contributed by atoms with Gasteiger partial charge in [-0.05, 0) is 37.1 Å². The van der Waals surface area contributed by atoms with Crippen LogP contribution in [-0.2, 0) is 14.8 Å². The molecule has 0 aliphatic rings. The molecule has 0 fully saturated rings. The lowest BCUT2D eigenvalue weighted by molar-refractivity contribution is 0.0574. The third-order valence-electron chi connectivity index (χ3n) is 2.86. The summed E-state index contributed by atoms with van der Waals surface area (Å²) in [6.07, 6.45) is 1.50. The molecule has 7 heteroatoms. The molecule has 0 bridgehead atoms. The Labute approximate surface area is 130 Å². The van der Waals surface area contributed by atoms with Crippen LogP contribution in [0.5, 0.6) is 0 Å². The first kappa shape index (κ1) is 17.9.